The van der Waals surface area contributed by atoms with Gasteiger partial charge < -0.3 is 25.2 Å². The minimum Gasteiger partial charge on any atom is -0.383 e. The summed E-state index contributed by atoms with van der Waals surface area (Å²) in [5.41, 5.74) is 0. The van der Waals surface area contributed by atoms with Crippen LogP contribution in [-0.4, -0.2) is 81.3 Å². The molecule has 1 aromatic heterocycles. The average molecular weight is 348 g/mol. The van der Waals surface area contributed by atoms with E-state index in [4.69, 9.17) is 4.74 Å². The summed E-state index contributed by atoms with van der Waals surface area (Å²) in [4.78, 5) is 25.1. The summed E-state index contributed by atoms with van der Waals surface area (Å²) in [5, 5.41) is 6.05. The number of guanidine groups is 1. The minimum absolute atomic E-state index is 0.0976. The van der Waals surface area contributed by atoms with E-state index in [2.05, 4.69) is 30.4 Å². The first-order valence-corrected chi connectivity index (χ1v) is 8.69. The van der Waals surface area contributed by atoms with Crippen LogP contribution in [0.15, 0.2) is 29.4 Å². The number of aromatic nitrogens is 1. The smallest absolute Gasteiger partial charge is 0.241 e. The molecule has 1 aliphatic rings. The number of ether oxygens (including phenoxy) is 1. The molecule has 1 saturated heterocycles. The molecule has 8 heteroatoms. The first-order valence-electron chi connectivity index (χ1n) is 8.69. The Morgan fingerprint density at radius 2 is 2.08 bits per heavy atom. The first kappa shape index (κ1) is 19.0. The number of hydrogen-bond donors (Lipinski definition) is 2. The number of methoxy groups -OCH3 is 1. The highest BCUT2D eigenvalue weighted by Crippen LogP contribution is 2.12. The van der Waals surface area contributed by atoms with Crippen molar-refractivity contribution in [2.45, 2.75) is 6.92 Å². The fraction of sp³-hybridized carbons (Fsp3) is 0.588. The second-order valence-corrected chi connectivity index (χ2v) is 5.67. The zero-order chi connectivity index (χ0) is 17.9. The summed E-state index contributed by atoms with van der Waals surface area (Å²) >= 11 is 0. The molecule has 2 heterocycles. The Morgan fingerprint density at radius 1 is 1.28 bits per heavy atom. The van der Waals surface area contributed by atoms with E-state index in [1.165, 1.54) is 0 Å². The maximum atomic E-state index is 11.8. The third-order valence-electron chi connectivity index (χ3n) is 3.89. The van der Waals surface area contributed by atoms with Crippen LogP contribution in [0.1, 0.15) is 6.92 Å². The number of carbonyl (C=O) groups excluding carboxylic acids is 1. The van der Waals surface area contributed by atoms with Gasteiger partial charge in [0.25, 0.3) is 0 Å². The molecule has 1 aliphatic heterocycles. The van der Waals surface area contributed by atoms with Crippen LogP contribution in [0.25, 0.3) is 0 Å². The van der Waals surface area contributed by atoms with Crippen molar-refractivity contribution in [3.63, 3.8) is 0 Å². The van der Waals surface area contributed by atoms with Crippen LogP contribution in [0.2, 0.25) is 0 Å². The molecule has 0 spiro atoms. The number of nitrogens with one attached hydrogen (secondary N) is 2. The zero-order valence-corrected chi connectivity index (χ0v) is 15.1. The number of anilines is 1. The van der Waals surface area contributed by atoms with Crippen LogP contribution in [0, 0.1) is 0 Å². The molecular formula is C17H28N6O2. The van der Waals surface area contributed by atoms with Gasteiger partial charge in [-0.3, -0.25) is 4.79 Å². The lowest BCUT2D eigenvalue weighted by Crippen LogP contribution is -2.53. The maximum absolute atomic E-state index is 11.8. The normalized spacial score (nSPS) is 15.2. The van der Waals surface area contributed by atoms with E-state index in [-0.39, 0.29) is 12.5 Å². The molecule has 1 fully saturated rings. The first-order chi connectivity index (χ1) is 12.2. The Hall–Kier alpha value is -2.35. The minimum atomic E-state index is -0.0976. The van der Waals surface area contributed by atoms with Gasteiger partial charge >= 0.3 is 0 Å². The highest BCUT2D eigenvalue weighted by Gasteiger charge is 2.20. The molecule has 1 aromatic rings. The molecule has 0 bridgehead atoms. The fourth-order valence-electron chi connectivity index (χ4n) is 2.61. The molecule has 0 aromatic carbocycles. The zero-order valence-electron chi connectivity index (χ0n) is 15.1. The predicted octanol–water partition coefficient (Wildman–Crippen LogP) is -0.0683. The van der Waals surface area contributed by atoms with Crippen LogP contribution in [0.5, 0.6) is 0 Å². The van der Waals surface area contributed by atoms with Crippen LogP contribution in [0.3, 0.4) is 0 Å². The molecule has 0 aliphatic carbocycles. The van der Waals surface area contributed by atoms with Gasteiger partial charge in [0.15, 0.2) is 5.96 Å². The lowest BCUT2D eigenvalue weighted by atomic mass is 10.3. The van der Waals surface area contributed by atoms with E-state index in [9.17, 15) is 4.79 Å². The Labute approximate surface area is 149 Å². The summed E-state index contributed by atoms with van der Waals surface area (Å²) in [5.74, 6) is 1.69. The molecule has 2 N–H and O–H groups in total. The largest absolute Gasteiger partial charge is 0.383 e. The van der Waals surface area contributed by atoms with Crippen LogP contribution in [0.4, 0.5) is 5.82 Å². The van der Waals surface area contributed by atoms with Gasteiger partial charge in [-0.05, 0) is 19.1 Å². The standard InChI is InChI=1S/C17H28N6O2/c1-3-18-17(21-14-16(24)20-8-13-25-2)23-11-9-22(10-12-23)15-6-4-5-7-19-15/h4-7H,3,8-14H2,1-2H3,(H,18,21)(H,20,24). The number of hydrogen-bond acceptors (Lipinski definition) is 5. The number of aliphatic imine (C=N–C) groups is 1. The van der Waals surface area contributed by atoms with Gasteiger partial charge in [0.2, 0.25) is 5.91 Å². The molecular weight excluding hydrogens is 320 g/mol. The number of pyridine rings is 1. The molecule has 2 rings (SSSR count). The summed E-state index contributed by atoms with van der Waals surface area (Å²) < 4.78 is 4.92. The van der Waals surface area contributed by atoms with Crippen molar-refractivity contribution in [3.8, 4) is 0 Å². The van der Waals surface area contributed by atoms with Crippen LogP contribution >= 0.6 is 0 Å². The van der Waals surface area contributed by atoms with Gasteiger partial charge in [0.05, 0.1) is 6.61 Å². The third kappa shape index (κ3) is 6.22. The van der Waals surface area contributed by atoms with E-state index in [1.54, 1.807) is 7.11 Å². The molecule has 8 nitrogen and oxygen atoms in total. The van der Waals surface area contributed by atoms with E-state index >= 15 is 0 Å². The van der Waals surface area contributed by atoms with Gasteiger partial charge in [-0.25, -0.2) is 9.98 Å². The van der Waals surface area contributed by atoms with Gasteiger partial charge in [0.1, 0.15) is 12.4 Å². The summed E-state index contributed by atoms with van der Waals surface area (Å²) in [6.07, 6.45) is 1.81. The number of amides is 1. The number of nitrogens with zero attached hydrogens (tertiary/aromatic N) is 4. The molecule has 0 unspecified atom stereocenters. The highest BCUT2D eigenvalue weighted by atomic mass is 16.5. The van der Waals surface area contributed by atoms with Gasteiger partial charge in [-0.15, -0.1) is 0 Å². The van der Waals surface area contributed by atoms with E-state index in [1.807, 2.05) is 31.3 Å². The highest BCUT2D eigenvalue weighted by molar-refractivity contribution is 5.85. The lowest BCUT2D eigenvalue weighted by Gasteiger charge is -2.37. The van der Waals surface area contributed by atoms with E-state index in [0.717, 1.165) is 44.5 Å². The fourth-order valence-corrected chi connectivity index (χ4v) is 2.61. The van der Waals surface area contributed by atoms with Crippen molar-refractivity contribution in [1.82, 2.24) is 20.5 Å². The number of piperazine rings is 1. The average Bonchev–Trinajstić information content (AvgIpc) is 2.66. The van der Waals surface area contributed by atoms with Crippen molar-refractivity contribution in [1.29, 1.82) is 0 Å². The molecule has 0 saturated carbocycles. The second kappa shape index (κ2) is 10.5. The quantitative estimate of drug-likeness (QED) is 0.408. The second-order valence-electron chi connectivity index (χ2n) is 5.67. The Bertz CT molecular complexity index is 543. The van der Waals surface area contributed by atoms with Crippen LogP contribution < -0.4 is 15.5 Å². The van der Waals surface area contributed by atoms with Gasteiger partial charge in [-0.2, -0.15) is 0 Å². The Morgan fingerprint density at radius 3 is 2.72 bits per heavy atom. The molecule has 0 radical (unpaired) electrons. The predicted molar refractivity (Wildman–Crippen MR) is 98.9 cm³/mol. The molecule has 138 valence electrons. The van der Waals surface area contributed by atoms with Crippen molar-refractivity contribution in [2.75, 3.05) is 64.4 Å². The topological polar surface area (TPSA) is 82.1 Å². The molecule has 25 heavy (non-hydrogen) atoms. The van der Waals surface area contributed by atoms with Crippen LogP contribution in [-0.2, 0) is 9.53 Å². The summed E-state index contributed by atoms with van der Waals surface area (Å²) in [7, 11) is 1.61. The van der Waals surface area contributed by atoms with E-state index in [0.29, 0.717) is 13.2 Å². The number of carbonyl (C=O) groups is 1. The van der Waals surface area contributed by atoms with Crippen molar-refractivity contribution < 1.29 is 9.53 Å². The summed E-state index contributed by atoms with van der Waals surface area (Å²) in [6, 6.07) is 5.95. The van der Waals surface area contributed by atoms with E-state index < -0.39 is 0 Å². The maximum Gasteiger partial charge on any atom is 0.241 e. The monoisotopic (exact) mass is 348 g/mol. The molecule has 0 atom stereocenters. The Kier molecular flexibility index (Phi) is 7.97. The van der Waals surface area contributed by atoms with Gasteiger partial charge in [0, 0.05) is 52.6 Å². The molecule has 1 amide bonds. The van der Waals surface area contributed by atoms with Crippen molar-refractivity contribution >= 4 is 17.7 Å². The Balaban J connectivity index is 1.86. The third-order valence-corrected chi connectivity index (χ3v) is 3.89. The number of rotatable bonds is 7. The van der Waals surface area contributed by atoms with Gasteiger partial charge in [-0.1, -0.05) is 6.07 Å². The summed E-state index contributed by atoms with van der Waals surface area (Å²) in [6.45, 7) is 7.36. The van der Waals surface area contributed by atoms with Crippen molar-refractivity contribution in [3.05, 3.63) is 24.4 Å². The lowest BCUT2D eigenvalue weighted by molar-refractivity contribution is -0.119. The van der Waals surface area contributed by atoms with Crippen molar-refractivity contribution in [2.24, 2.45) is 4.99 Å². The SMILES string of the molecule is CCNC(=NCC(=O)NCCOC)N1CCN(c2ccccn2)CC1.